The van der Waals surface area contributed by atoms with E-state index >= 15 is 0 Å². The number of nitrogens with zero attached hydrogens (tertiary/aromatic N) is 1. The van der Waals surface area contributed by atoms with Crippen LogP contribution in [0.25, 0.3) is 0 Å². The summed E-state index contributed by atoms with van der Waals surface area (Å²) in [5, 5.41) is 2.67. The number of hydrogen-bond donors (Lipinski definition) is 1. The molecule has 0 radical (unpaired) electrons. The largest absolute Gasteiger partial charge is 0.463 e. The van der Waals surface area contributed by atoms with Crippen LogP contribution in [0.15, 0.2) is 59.8 Å². The summed E-state index contributed by atoms with van der Waals surface area (Å²) in [6, 6.07) is 11.4. The number of rotatable bonds is 8. The maximum Gasteiger partial charge on any atom is 0.338 e. The molecule has 0 saturated heterocycles. The van der Waals surface area contributed by atoms with Crippen molar-refractivity contribution in [3.63, 3.8) is 0 Å². The number of hydrogen-bond acceptors (Lipinski definition) is 6. The van der Waals surface area contributed by atoms with Gasteiger partial charge < -0.3 is 14.8 Å². The molecule has 2 aromatic rings. The third kappa shape index (κ3) is 5.31. The molecule has 34 heavy (non-hydrogen) atoms. The molecule has 0 aliphatic carbocycles. The van der Waals surface area contributed by atoms with E-state index in [0.29, 0.717) is 22.6 Å². The van der Waals surface area contributed by atoms with Gasteiger partial charge in [-0.1, -0.05) is 0 Å². The van der Waals surface area contributed by atoms with Crippen LogP contribution in [-0.2, 0) is 23.9 Å². The zero-order chi connectivity index (χ0) is 24.8. The molecule has 0 fully saturated rings. The van der Waals surface area contributed by atoms with Gasteiger partial charge in [0.15, 0.2) is 0 Å². The number of ether oxygens (including phenoxy) is 2. The number of nitrogens with one attached hydrogen (secondary N) is 1. The minimum atomic E-state index is -1.07. The van der Waals surface area contributed by atoms with Crippen molar-refractivity contribution in [3.05, 3.63) is 71.2 Å². The number of carbonyl (C=O) groups excluding carboxylic acids is 4. The Kier molecular flexibility index (Phi) is 7.78. The van der Waals surface area contributed by atoms with Crippen molar-refractivity contribution >= 4 is 35.1 Å². The molecule has 0 saturated carbocycles. The van der Waals surface area contributed by atoms with Gasteiger partial charge >= 0.3 is 11.9 Å². The van der Waals surface area contributed by atoms with E-state index in [0.717, 1.165) is 0 Å². The van der Waals surface area contributed by atoms with Gasteiger partial charge in [0, 0.05) is 23.5 Å². The van der Waals surface area contributed by atoms with Crippen LogP contribution in [0.3, 0.4) is 0 Å². The zero-order valence-corrected chi connectivity index (χ0v) is 19.1. The summed E-state index contributed by atoms with van der Waals surface area (Å²) in [7, 11) is 0. The second-order valence-corrected chi connectivity index (χ2v) is 7.47. The highest BCUT2D eigenvalue weighted by molar-refractivity contribution is 6.12. The summed E-state index contributed by atoms with van der Waals surface area (Å²) in [6.07, 6.45) is -0.304. The topological polar surface area (TPSA) is 102 Å². The number of carbonyl (C=O) groups is 4. The first-order valence-corrected chi connectivity index (χ1v) is 10.8. The maximum absolute atomic E-state index is 13.4. The van der Waals surface area contributed by atoms with Gasteiger partial charge in [-0.15, -0.1) is 0 Å². The van der Waals surface area contributed by atoms with Crippen LogP contribution in [-0.4, -0.2) is 37.0 Å². The number of esters is 2. The SMILES string of the molecule is CCOC(=O)C1=C(C)N(c2ccc(F)cc2)C(=O)C1CC(=O)Nc1ccc(C(=O)OCC)cc1. The molecule has 1 unspecified atom stereocenters. The molecule has 0 spiro atoms. The van der Waals surface area contributed by atoms with Crippen LogP contribution in [0.1, 0.15) is 37.6 Å². The summed E-state index contributed by atoms with van der Waals surface area (Å²) in [6.45, 7) is 5.28. The van der Waals surface area contributed by atoms with E-state index in [4.69, 9.17) is 9.47 Å². The number of amides is 2. The molecule has 0 bridgehead atoms. The Bertz CT molecular complexity index is 1130. The quantitative estimate of drug-likeness (QED) is 0.591. The summed E-state index contributed by atoms with van der Waals surface area (Å²) in [4.78, 5) is 51.7. The first-order valence-electron chi connectivity index (χ1n) is 10.8. The number of anilines is 2. The molecule has 1 heterocycles. The fraction of sp³-hybridized carbons (Fsp3) is 0.280. The second-order valence-electron chi connectivity index (χ2n) is 7.47. The molecule has 2 amide bonds. The lowest BCUT2D eigenvalue weighted by atomic mass is 9.96. The summed E-state index contributed by atoms with van der Waals surface area (Å²) in [5.41, 5.74) is 1.54. The lowest BCUT2D eigenvalue weighted by Gasteiger charge is -2.19. The van der Waals surface area contributed by atoms with E-state index in [1.807, 2.05) is 0 Å². The first kappa shape index (κ1) is 24.6. The second kappa shape index (κ2) is 10.7. The van der Waals surface area contributed by atoms with Crippen molar-refractivity contribution < 1.29 is 33.0 Å². The van der Waals surface area contributed by atoms with Gasteiger partial charge in [0.2, 0.25) is 11.8 Å². The van der Waals surface area contributed by atoms with Gasteiger partial charge in [0.25, 0.3) is 0 Å². The summed E-state index contributed by atoms with van der Waals surface area (Å²) < 4.78 is 23.4. The van der Waals surface area contributed by atoms with Gasteiger partial charge in [0.1, 0.15) is 5.82 Å². The van der Waals surface area contributed by atoms with Crippen LogP contribution in [0.4, 0.5) is 15.8 Å². The van der Waals surface area contributed by atoms with Crippen LogP contribution in [0.2, 0.25) is 0 Å². The normalized spacial score (nSPS) is 15.4. The van der Waals surface area contributed by atoms with E-state index in [-0.39, 0.29) is 25.2 Å². The van der Waals surface area contributed by atoms with Crippen molar-refractivity contribution in [1.29, 1.82) is 0 Å². The molecule has 8 nitrogen and oxygen atoms in total. The average Bonchev–Trinajstić information content (AvgIpc) is 3.04. The number of allylic oxidation sites excluding steroid dienone is 1. The van der Waals surface area contributed by atoms with Crippen LogP contribution < -0.4 is 10.2 Å². The standard InChI is InChI=1S/C25H25FN2O6/c1-4-33-24(31)16-6-10-18(11-7-16)27-21(29)14-20-22(25(32)34-5-2)15(3)28(23(20)30)19-12-8-17(26)9-13-19/h6-13,20H,4-5,14H2,1-3H3,(H,27,29). The minimum absolute atomic E-state index is 0.0870. The Balaban J connectivity index is 1.80. The van der Waals surface area contributed by atoms with Gasteiger partial charge in [-0.25, -0.2) is 14.0 Å². The fourth-order valence-corrected chi connectivity index (χ4v) is 3.72. The van der Waals surface area contributed by atoms with Gasteiger partial charge in [-0.2, -0.15) is 0 Å². The lowest BCUT2D eigenvalue weighted by molar-refractivity contribution is -0.140. The third-order valence-corrected chi connectivity index (χ3v) is 5.24. The summed E-state index contributed by atoms with van der Waals surface area (Å²) in [5.74, 6) is -3.68. The average molecular weight is 468 g/mol. The smallest absolute Gasteiger partial charge is 0.338 e. The highest BCUT2D eigenvalue weighted by atomic mass is 19.1. The predicted molar refractivity (Wildman–Crippen MR) is 122 cm³/mol. The predicted octanol–water partition coefficient (Wildman–Crippen LogP) is 3.83. The minimum Gasteiger partial charge on any atom is -0.463 e. The summed E-state index contributed by atoms with van der Waals surface area (Å²) >= 11 is 0. The molecule has 178 valence electrons. The molecule has 1 N–H and O–H groups in total. The highest BCUT2D eigenvalue weighted by Gasteiger charge is 2.43. The molecular weight excluding hydrogens is 443 g/mol. The van der Waals surface area contributed by atoms with E-state index in [1.165, 1.54) is 41.3 Å². The Morgan fingerprint density at radius 3 is 2.12 bits per heavy atom. The lowest BCUT2D eigenvalue weighted by Crippen LogP contribution is -2.31. The Hall–Kier alpha value is -4.01. The van der Waals surface area contributed by atoms with Crippen molar-refractivity contribution in [2.24, 2.45) is 5.92 Å². The zero-order valence-electron chi connectivity index (χ0n) is 19.1. The van der Waals surface area contributed by atoms with E-state index in [2.05, 4.69) is 5.32 Å². The Morgan fingerprint density at radius 1 is 0.941 bits per heavy atom. The molecule has 1 aliphatic rings. The van der Waals surface area contributed by atoms with Gasteiger partial charge in [-0.3, -0.25) is 14.5 Å². The van der Waals surface area contributed by atoms with Crippen LogP contribution in [0.5, 0.6) is 0 Å². The molecule has 9 heteroatoms. The molecule has 1 atom stereocenters. The monoisotopic (exact) mass is 468 g/mol. The van der Waals surface area contributed by atoms with E-state index in [9.17, 15) is 23.6 Å². The third-order valence-electron chi connectivity index (χ3n) is 5.24. The van der Waals surface area contributed by atoms with Crippen molar-refractivity contribution in [3.8, 4) is 0 Å². The Labute approximate surface area is 196 Å². The van der Waals surface area contributed by atoms with E-state index in [1.54, 1.807) is 32.9 Å². The highest BCUT2D eigenvalue weighted by Crippen LogP contribution is 2.36. The Morgan fingerprint density at radius 2 is 1.53 bits per heavy atom. The number of halogens is 1. The molecule has 2 aromatic carbocycles. The molecular formula is C25H25FN2O6. The molecule has 0 aromatic heterocycles. The van der Waals surface area contributed by atoms with Crippen molar-refractivity contribution in [2.45, 2.75) is 27.2 Å². The molecule has 1 aliphatic heterocycles. The fourth-order valence-electron chi connectivity index (χ4n) is 3.72. The van der Waals surface area contributed by atoms with Crippen molar-refractivity contribution in [1.82, 2.24) is 0 Å². The first-order chi connectivity index (χ1) is 16.3. The van der Waals surface area contributed by atoms with E-state index < -0.39 is 35.5 Å². The maximum atomic E-state index is 13.4. The van der Waals surface area contributed by atoms with Crippen LogP contribution >= 0.6 is 0 Å². The molecule has 3 rings (SSSR count). The van der Waals surface area contributed by atoms with Crippen LogP contribution in [0, 0.1) is 11.7 Å². The van der Waals surface area contributed by atoms with Gasteiger partial charge in [-0.05, 0) is 69.3 Å². The van der Waals surface area contributed by atoms with Gasteiger partial charge in [0.05, 0.1) is 30.3 Å². The number of benzene rings is 2. The van der Waals surface area contributed by atoms with Crippen molar-refractivity contribution in [2.75, 3.05) is 23.4 Å².